The van der Waals surface area contributed by atoms with Crippen LogP contribution in [-0.4, -0.2) is 24.8 Å². The van der Waals surface area contributed by atoms with E-state index < -0.39 is 0 Å². The Labute approximate surface area is 209 Å². The number of aromatic nitrogens is 1. The van der Waals surface area contributed by atoms with E-state index in [1.165, 1.54) is 23.8 Å². The second-order valence-corrected chi connectivity index (χ2v) is 9.26. The topological polar surface area (TPSA) is 70.8 Å². The highest BCUT2D eigenvalue weighted by atomic mass is 16.5. The number of carbonyl (C=O) groups is 1. The van der Waals surface area contributed by atoms with Gasteiger partial charge in [-0.2, -0.15) is 0 Å². The Balaban J connectivity index is 1.24. The zero-order valence-corrected chi connectivity index (χ0v) is 20.1. The lowest BCUT2D eigenvalue weighted by atomic mass is 9.92. The molecular formula is C30H27NO5. The molecule has 1 aliphatic carbocycles. The highest BCUT2D eigenvalue weighted by Crippen LogP contribution is 2.44. The fourth-order valence-electron chi connectivity index (χ4n) is 5.41. The number of methoxy groups -OCH3 is 1. The van der Waals surface area contributed by atoms with Gasteiger partial charge in [-0.3, -0.25) is 4.79 Å². The lowest BCUT2D eigenvalue weighted by Crippen LogP contribution is -2.06. The van der Waals surface area contributed by atoms with Gasteiger partial charge in [0.15, 0.2) is 5.76 Å². The summed E-state index contributed by atoms with van der Waals surface area (Å²) < 4.78 is 22.7. The summed E-state index contributed by atoms with van der Waals surface area (Å²) in [5.41, 5.74) is 7.04. The number of benzene rings is 3. The molecule has 1 aromatic heterocycles. The maximum Gasteiger partial charge on any atom is 0.305 e. The second kappa shape index (κ2) is 9.53. The normalized spacial score (nSPS) is 17.8. The van der Waals surface area contributed by atoms with Gasteiger partial charge < -0.3 is 18.7 Å². The molecule has 2 aliphatic rings. The molecule has 6 heteroatoms. The van der Waals surface area contributed by atoms with Gasteiger partial charge in [0.25, 0.3) is 0 Å². The van der Waals surface area contributed by atoms with Crippen LogP contribution in [0, 0.1) is 0 Å². The third kappa shape index (κ3) is 4.13. The monoisotopic (exact) mass is 481 g/mol. The Morgan fingerprint density at radius 2 is 1.86 bits per heavy atom. The zero-order chi connectivity index (χ0) is 24.5. The standard InChI is InChI=1S/C30H27NO5/c1-33-30(32)14-9-19-18-34-29-17-20(10-11-21(19)29)35-27-13-12-24-22(7-4-8-25(24)27)23-5-2-3-6-26(23)28-15-16-31-36-28/h2-8,10-11,15-17,19,27H,9,12-14,18H2,1H3/t19?,27-/m1/s1. The third-order valence-corrected chi connectivity index (χ3v) is 7.20. The summed E-state index contributed by atoms with van der Waals surface area (Å²) >= 11 is 0. The van der Waals surface area contributed by atoms with Gasteiger partial charge in [0.1, 0.15) is 17.6 Å². The first-order valence-electron chi connectivity index (χ1n) is 12.3. The van der Waals surface area contributed by atoms with Crippen molar-refractivity contribution in [1.29, 1.82) is 0 Å². The van der Waals surface area contributed by atoms with Crippen LogP contribution in [0.25, 0.3) is 22.5 Å². The molecule has 0 saturated heterocycles. The fourth-order valence-corrected chi connectivity index (χ4v) is 5.41. The van der Waals surface area contributed by atoms with Crippen LogP contribution < -0.4 is 9.47 Å². The van der Waals surface area contributed by atoms with Gasteiger partial charge in [-0.25, -0.2) is 0 Å². The maximum atomic E-state index is 11.5. The molecule has 6 nitrogen and oxygen atoms in total. The first-order chi connectivity index (χ1) is 17.7. The minimum atomic E-state index is -0.189. The molecule has 1 aliphatic heterocycles. The average molecular weight is 482 g/mol. The number of rotatable bonds is 7. The Morgan fingerprint density at radius 1 is 1.00 bits per heavy atom. The van der Waals surface area contributed by atoms with E-state index >= 15 is 0 Å². The largest absolute Gasteiger partial charge is 0.493 e. The Kier molecular flexibility index (Phi) is 5.93. The lowest BCUT2D eigenvalue weighted by molar-refractivity contribution is -0.140. The number of fused-ring (bicyclic) bond motifs is 2. The predicted octanol–water partition coefficient (Wildman–Crippen LogP) is 6.50. The molecule has 6 rings (SSSR count). The maximum absolute atomic E-state index is 11.5. The van der Waals surface area contributed by atoms with Crippen LogP contribution in [0.1, 0.15) is 48.0 Å². The van der Waals surface area contributed by atoms with Gasteiger partial charge in [-0.1, -0.05) is 53.7 Å². The van der Waals surface area contributed by atoms with Crippen molar-refractivity contribution in [2.45, 2.75) is 37.7 Å². The predicted molar refractivity (Wildman–Crippen MR) is 135 cm³/mol. The first-order valence-corrected chi connectivity index (χ1v) is 12.3. The molecule has 182 valence electrons. The van der Waals surface area contributed by atoms with Crippen LogP contribution >= 0.6 is 0 Å². The molecule has 0 amide bonds. The number of hydrogen-bond donors (Lipinski definition) is 0. The number of hydrogen-bond acceptors (Lipinski definition) is 6. The number of carbonyl (C=O) groups excluding carboxylic acids is 1. The molecule has 0 bridgehead atoms. The highest BCUT2D eigenvalue weighted by Gasteiger charge is 2.29. The minimum absolute atomic E-state index is 0.0213. The van der Waals surface area contributed by atoms with E-state index in [0.717, 1.165) is 46.8 Å². The molecule has 2 atom stereocenters. The molecule has 36 heavy (non-hydrogen) atoms. The summed E-state index contributed by atoms with van der Waals surface area (Å²) in [7, 11) is 1.42. The number of ether oxygens (including phenoxy) is 3. The van der Waals surface area contributed by atoms with Crippen molar-refractivity contribution >= 4 is 5.97 Å². The Bertz CT molecular complexity index is 1390. The van der Waals surface area contributed by atoms with Gasteiger partial charge >= 0.3 is 5.97 Å². The van der Waals surface area contributed by atoms with Crippen LogP contribution in [0.3, 0.4) is 0 Å². The quantitative estimate of drug-likeness (QED) is 0.281. The minimum Gasteiger partial charge on any atom is -0.493 e. The molecule has 1 unspecified atom stereocenters. The summed E-state index contributed by atoms with van der Waals surface area (Å²) in [5, 5.41) is 3.89. The first kappa shape index (κ1) is 22.4. The van der Waals surface area contributed by atoms with Gasteiger partial charge in [-0.15, -0.1) is 0 Å². The van der Waals surface area contributed by atoms with Crippen LogP contribution in [0.15, 0.2) is 77.4 Å². The van der Waals surface area contributed by atoms with Gasteiger partial charge in [0.05, 0.1) is 19.9 Å². The summed E-state index contributed by atoms with van der Waals surface area (Å²) in [5.74, 6) is 2.42. The van der Waals surface area contributed by atoms with Crippen LogP contribution in [-0.2, 0) is 16.0 Å². The Hall–Kier alpha value is -4.06. The van der Waals surface area contributed by atoms with E-state index in [0.29, 0.717) is 19.4 Å². The fraction of sp³-hybridized carbons (Fsp3) is 0.267. The second-order valence-electron chi connectivity index (χ2n) is 9.26. The summed E-state index contributed by atoms with van der Waals surface area (Å²) in [4.78, 5) is 11.5. The third-order valence-electron chi connectivity index (χ3n) is 7.20. The van der Waals surface area contributed by atoms with Crippen molar-refractivity contribution in [2.24, 2.45) is 0 Å². The smallest absolute Gasteiger partial charge is 0.305 e. The zero-order valence-electron chi connectivity index (χ0n) is 20.1. The molecule has 0 fully saturated rings. The van der Waals surface area contributed by atoms with Crippen LogP contribution in [0.5, 0.6) is 11.5 Å². The van der Waals surface area contributed by atoms with E-state index in [2.05, 4.69) is 47.6 Å². The lowest BCUT2D eigenvalue weighted by Gasteiger charge is -2.17. The SMILES string of the molecule is COC(=O)CCC1COc2cc(O[C@@H]3CCc4c(-c5ccccc5-c5ccno5)cccc43)ccc21. The Morgan fingerprint density at radius 3 is 2.69 bits per heavy atom. The number of esters is 1. The van der Waals surface area contributed by atoms with E-state index in [-0.39, 0.29) is 18.0 Å². The van der Waals surface area contributed by atoms with E-state index in [1.807, 2.05) is 24.3 Å². The van der Waals surface area contributed by atoms with Crippen molar-refractivity contribution in [1.82, 2.24) is 5.16 Å². The van der Waals surface area contributed by atoms with Crippen molar-refractivity contribution in [2.75, 3.05) is 13.7 Å². The van der Waals surface area contributed by atoms with E-state index in [4.69, 9.17) is 18.7 Å². The van der Waals surface area contributed by atoms with Crippen LogP contribution in [0.4, 0.5) is 0 Å². The van der Waals surface area contributed by atoms with Gasteiger partial charge in [0, 0.05) is 35.6 Å². The highest BCUT2D eigenvalue weighted by molar-refractivity contribution is 5.83. The molecule has 0 N–H and O–H groups in total. The molecule has 2 heterocycles. The summed E-state index contributed by atoms with van der Waals surface area (Å²) in [6, 6.07) is 22.7. The summed E-state index contributed by atoms with van der Waals surface area (Å²) in [6.45, 7) is 0.579. The van der Waals surface area contributed by atoms with E-state index in [9.17, 15) is 4.79 Å². The van der Waals surface area contributed by atoms with E-state index in [1.54, 1.807) is 6.20 Å². The molecule has 0 spiro atoms. The van der Waals surface area contributed by atoms with Crippen LogP contribution in [0.2, 0.25) is 0 Å². The van der Waals surface area contributed by atoms with Crippen molar-refractivity contribution in [3.05, 3.63) is 89.6 Å². The van der Waals surface area contributed by atoms with Gasteiger partial charge in [0.2, 0.25) is 0 Å². The van der Waals surface area contributed by atoms with Crippen molar-refractivity contribution in [3.8, 4) is 33.9 Å². The molecule has 0 radical (unpaired) electrons. The molecule has 3 aromatic carbocycles. The number of nitrogens with zero attached hydrogens (tertiary/aromatic N) is 1. The van der Waals surface area contributed by atoms with Gasteiger partial charge in [-0.05, 0) is 47.6 Å². The molecule has 0 saturated carbocycles. The van der Waals surface area contributed by atoms with Crippen molar-refractivity contribution < 1.29 is 23.5 Å². The van der Waals surface area contributed by atoms with Crippen molar-refractivity contribution in [3.63, 3.8) is 0 Å². The molecule has 4 aromatic rings. The molecular weight excluding hydrogens is 454 g/mol. The summed E-state index contributed by atoms with van der Waals surface area (Å²) in [6.07, 6.45) is 4.62. The average Bonchev–Trinajstić information content (AvgIpc) is 3.68.